The highest BCUT2D eigenvalue weighted by molar-refractivity contribution is 5.91. The molecular weight excluding hydrogens is 166 g/mol. The van der Waals surface area contributed by atoms with Gasteiger partial charge in [0.25, 0.3) is 0 Å². The number of nitrogens with zero attached hydrogens (tertiary/aromatic N) is 3. The zero-order valence-corrected chi connectivity index (χ0v) is 6.64. The van der Waals surface area contributed by atoms with Gasteiger partial charge in [-0.1, -0.05) is 6.07 Å². The molecule has 0 aliphatic carbocycles. The standard InChI is InChI=1S/C9H5N3O/c1-2-6-4-8-9(12-13-11-8)5-7(6)10-3-1/h1-5H. The average molecular weight is 171 g/mol. The van der Waals surface area contributed by atoms with Gasteiger partial charge in [0.05, 0.1) is 5.52 Å². The van der Waals surface area contributed by atoms with Crippen LogP contribution in [-0.4, -0.2) is 15.3 Å². The summed E-state index contributed by atoms with van der Waals surface area (Å²) in [6.45, 7) is 0. The molecule has 0 fully saturated rings. The van der Waals surface area contributed by atoms with Crippen molar-refractivity contribution in [2.45, 2.75) is 0 Å². The highest BCUT2D eigenvalue weighted by atomic mass is 16.6. The van der Waals surface area contributed by atoms with Crippen molar-refractivity contribution in [2.75, 3.05) is 0 Å². The van der Waals surface area contributed by atoms with Crippen molar-refractivity contribution >= 4 is 21.9 Å². The first kappa shape index (κ1) is 6.54. The van der Waals surface area contributed by atoms with Gasteiger partial charge >= 0.3 is 0 Å². The lowest BCUT2D eigenvalue weighted by atomic mass is 10.2. The smallest absolute Gasteiger partial charge is 0.137 e. The lowest BCUT2D eigenvalue weighted by molar-refractivity contribution is 0.315. The maximum atomic E-state index is 4.61. The van der Waals surface area contributed by atoms with Crippen LogP contribution in [0.1, 0.15) is 0 Å². The summed E-state index contributed by atoms with van der Waals surface area (Å²) in [4.78, 5) is 4.20. The molecule has 4 nitrogen and oxygen atoms in total. The van der Waals surface area contributed by atoms with Crippen molar-refractivity contribution in [1.29, 1.82) is 0 Å². The molecule has 13 heavy (non-hydrogen) atoms. The van der Waals surface area contributed by atoms with Gasteiger partial charge in [0.15, 0.2) is 0 Å². The van der Waals surface area contributed by atoms with Crippen molar-refractivity contribution in [1.82, 2.24) is 15.3 Å². The van der Waals surface area contributed by atoms with Gasteiger partial charge < -0.3 is 0 Å². The minimum absolute atomic E-state index is 0.742. The maximum absolute atomic E-state index is 4.61. The normalized spacial score (nSPS) is 11.1. The summed E-state index contributed by atoms with van der Waals surface area (Å²) in [5.41, 5.74) is 2.41. The van der Waals surface area contributed by atoms with Crippen LogP contribution in [0.2, 0.25) is 0 Å². The molecule has 1 aromatic carbocycles. The molecule has 2 aromatic heterocycles. The van der Waals surface area contributed by atoms with Crippen molar-refractivity contribution < 1.29 is 4.63 Å². The summed E-state index contributed by atoms with van der Waals surface area (Å²) in [5, 5.41) is 8.54. The molecule has 2 heterocycles. The Bertz CT molecular complexity index is 523. The number of rotatable bonds is 0. The first-order valence-corrected chi connectivity index (χ1v) is 3.90. The van der Waals surface area contributed by atoms with Crippen molar-refractivity contribution in [3.8, 4) is 0 Å². The molecule has 3 aromatic rings. The Hall–Kier alpha value is -1.97. The first-order chi connectivity index (χ1) is 6.43. The molecule has 0 N–H and O–H groups in total. The molecule has 0 saturated carbocycles. The van der Waals surface area contributed by atoms with Crippen LogP contribution in [-0.2, 0) is 0 Å². The Morgan fingerprint density at radius 1 is 1.00 bits per heavy atom. The number of hydrogen-bond acceptors (Lipinski definition) is 4. The van der Waals surface area contributed by atoms with Crippen LogP contribution in [0.25, 0.3) is 21.9 Å². The van der Waals surface area contributed by atoms with E-state index < -0.39 is 0 Å². The van der Waals surface area contributed by atoms with E-state index in [9.17, 15) is 0 Å². The maximum Gasteiger partial charge on any atom is 0.137 e. The average Bonchev–Trinajstić information content (AvgIpc) is 2.61. The van der Waals surface area contributed by atoms with E-state index >= 15 is 0 Å². The SMILES string of the molecule is c1cnc2cc3nonc3cc2c1. The predicted octanol–water partition coefficient (Wildman–Crippen LogP) is 1.77. The summed E-state index contributed by atoms with van der Waals surface area (Å²) in [7, 11) is 0. The van der Waals surface area contributed by atoms with E-state index in [1.807, 2.05) is 24.3 Å². The van der Waals surface area contributed by atoms with Crippen molar-refractivity contribution in [2.24, 2.45) is 0 Å². The molecule has 0 amide bonds. The fourth-order valence-corrected chi connectivity index (χ4v) is 1.35. The molecule has 62 valence electrons. The highest BCUT2D eigenvalue weighted by Crippen LogP contribution is 2.17. The molecule has 0 bridgehead atoms. The molecule has 0 atom stereocenters. The van der Waals surface area contributed by atoms with Crippen LogP contribution in [0.3, 0.4) is 0 Å². The summed E-state index contributed by atoms with van der Waals surface area (Å²) >= 11 is 0. The van der Waals surface area contributed by atoms with E-state index in [1.54, 1.807) is 6.20 Å². The fourth-order valence-electron chi connectivity index (χ4n) is 1.35. The lowest BCUT2D eigenvalue weighted by Crippen LogP contribution is -1.77. The zero-order valence-electron chi connectivity index (χ0n) is 6.64. The van der Waals surface area contributed by atoms with E-state index in [0.717, 1.165) is 21.9 Å². The van der Waals surface area contributed by atoms with Crippen molar-refractivity contribution in [3.05, 3.63) is 30.5 Å². The molecular formula is C9H5N3O. The monoisotopic (exact) mass is 171 g/mol. The molecule has 3 rings (SSSR count). The largest absolute Gasteiger partial charge is 0.256 e. The lowest BCUT2D eigenvalue weighted by Gasteiger charge is -1.92. The van der Waals surface area contributed by atoms with Gasteiger partial charge in [-0.05, 0) is 28.5 Å². The van der Waals surface area contributed by atoms with E-state index in [1.165, 1.54) is 0 Å². The Kier molecular flexibility index (Phi) is 1.14. The second-order valence-corrected chi connectivity index (χ2v) is 2.80. The molecule has 4 heteroatoms. The summed E-state index contributed by atoms with van der Waals surface area (Å²) < 4.78 is 4.61. The van der Waals surface area contributed by atoms with Gasteiger partial charge in [-0.3, -0.25) is 4.98 Å². The molecule has 0 aliphatic heterocycles. The highest BCUT2D eigenvalue weighted by Gasteiger charge is 2.01. The van der Waals surface area contributed by atoms with E-state index in [2.05, 4.69) is 19.9 Å². The Balaban J connectivity index is 2.57. The first-order valence-electron chi connectivity index (χ1n) is 3.90. The quantitative estimate of drug-likeness (QED) is 0.517. The van der Waals surface area contributed by atoms with Gasteiger partial charge in [-0.25, -0.2) is 4.63 Å². The molecule has 0 spiro atoms. The van der Waals surface area contributed by atoms with Crippen LogP contribution < -0.4 is 0 Å². The fraction of sp³-hybridized carbons (Fsp3) is 0. The summed E-state index contributed by atoms with van der Waals surface area (Å²) in [5.74, 6) is 0. The molecule has 0 aliphatic rings. The Labute approximate surface area is 73.2 Å². The zero-order chi connectivity index (χ0) is 8.67. The van der Waals surface area contributed by atoms with Gasteiger partial charge in [0.2, 0.25) is 0 Å². The molecule has 0 saturated heterocycles. The van der Waals surface area contributed by atoms with Crippen LogP contribution in [0, 0.1) is 0 Å². The van der Waals surface area contributed by atoms with Crippen LogP contribution >= 0.6 is 0 Å². The van der Waals surface area contributed by atoms with Gasteiger partial charge in [-0.2, -0.15) is 0 Å². The Morgan fingerprint density at radius 3 is 2.77 bits per heavy atom. The van der Waals surface area contributed by atoms with Gasteiger partial charge in [0, 0.05) is 11.6 Å². The van der Waals surface area contributed by atoms with Crippen LogP contribution in [0.15, 0.2) is 35.1 Å². The third-order valence-electron chi connectivity index (χ3n) is 1.98. The van der Waals surface area contributed by atoms with Crippen molar-refractivity contribution in [3.63, 3.8) is 0 Å². The van der Waals surface area contributed by atoms with Gasteiger partial charge in [0.1, 0.15) is 11.0 Å². The topological polar surface area (TPSA) is 51.8 Å². The van der Waals surface area contributed by atoms with E-state index in [4.69, 9.17) is 0 Å². The third-order valence-corrected chi connectivity index (χ3v) is 1.98. The minimum Gasteiger partial charge on any atom is -0.256 e. The summed E-state index contributed by atoms with van der Waals surface area (Å²) in [6.07, 6.45) is 1.75. The second-order valence-electron chi connectivity index (χ2n) is 2.80. The number of fused-ring (bicyclic) bond motifs is 2. The number of hydrogen-bond donors (Lipinski definition) is 0. The number of aromatic nitrogens is 3. The summed E-state index contributed by atoms with van der Waals surface area (Å²) in [6, 6.07) is 7.65. The van der Waals surface area contributed by atoms with Crippen LogP contribution in [0.4, 0.5) is 0 Å². The number of benzene rings is 1. The van der Waals surface area contributed by atoms with E-state index in [-0.39, 0.29) is 0 Å². The van der Waals surface area contributed by atoms with Crippen LogP contribution in [0.5, 0.6) is 0 Å². The molecule has 0 radical (unpaired) electrons. The minimum atomic E-state index is 0.742. The second kappa shape index (κ2) is 2.26. The van der Waals surface area contributed by atoms with Gasteiger partial charge in [-0.15, -0.1) is 0 Å². The number of pyridine rings is 1. The third kappa shape index (κ3) is 0.885. The Morgan fingerprint density at radius 2 is 1.85 bits per heavy atom. The molecule has 0 unspecified atom stereocenters. The predicted molar refractivity (Wildman–Crippen MR) is 47.1 cm³/mol. The van der Waals surface area contributed by atoms with E-state index in [0.29, 0.717) is 0 Å².